The molecular weight excluding hydrogens is 280 g/mol. The van der Waals surface area contributed by atoms with Gasteiger partial charge in [0.1, 0.15) is 5.75 Å². The molecular formula is C14H21BrO2. The molecule has 1 atom stereocenters. The zero-order chi connectivity index (χ0) is 12.7. The molecule has 17 heavy (non-hydrogen) atoms. The van der Waals surface area contributed by atoms with Gasteiger partial charge in [-0.15, -0.1) is 0 Å². The maximum atomic E-state index is 9.90. The maximum absolute atomic E-state index is 9.90. The van der Waals surface area contributed by atoms with Crippen LogP contribution in [0.3, 0.4) is 0 Å². The Bertz CT molecular complexity index is 339. The zero-order valence-corrected chi connectivity index (χ0v) is 12.2. The third kappa shape index (κ3) is 5.09. The van der Waals surface area contributed by atoms with E-state index in [9.17, 15) is 5.11 Å². The van der Waals surface area contributed by atoms with Crippen molar-refractivity contribution in [1.82, 2.24) is 0 Å². The normalized spacial score (nSPS) is 12.5. The summed E-state index contributed by atoms with van der Waals surface area (Å²) in [6.07, 6.45) is 4.87. The third-order valence-corrected chi connectivity index (χ3v) is 3.45. The molecule has 0 spiro atoms. The predicted octanol–water partition coefficient (Wildman–Crippen LogP) is 3.94. The topological polar surface area (TPSA) is 29.5 Å². The molecule has 0 radical (unpaired) electrons. The van der Waals surface area contributed by atoms with Crippen LogP contribution < -0.4 is 4.74 Å². The van der Waals surface area contributed by atoms with Crippen LogP contribution in [-0.4, -0.2) is 18.3 Å². The molecule has 0 bridgehead atoms. The number of methoxy groups -OCH3 is 1. The molecule has 1 aromatic carbocycles. The highest BCUT2D eigenvalue weighted by atomic mass is 79.9. The molecule has 1 unspecified atom stereocenters. The van der Waals surface area contributed by atoms with E-state index in [2.05, 4.69) is 22.9 Å². The van der Waals surface area contributed by atoms with Gasteiger partial charge in [-0.05, 0) is 46.5 Å². The second-order valence-corrected chi connectivity index (χ2v) is 5.18. The number of aliphatic hydroxyl groups is 1. The van der Waals surface area contributed by atoms with Crippen LogP contribution in [0.2, 0.25) is 0 Å². The van der Waals surface area contributed by atoms with Crippen molar-refractivity contribution < 1.29 is 9.84 Å². The number of rotatable bonds is 7. The lowest BCUT2D eigenvalue weighted by Crippen LogP contribution is -2.10. The third-order valence-electron chi connectivity index (χ3n) is 2.83. The summed E-state index contributed by atoms with van der Waals surface area (Å²) in [7, 11) is 1.65. The van der Waals surface area contributed by atoms with Gasteiger partial charge in [-0.2, -0.15) is 0 Å². The Hall–Kier alpha value is -0.540. The van der Waals surface area contributed by atoms with Gasteiger partial charge in [0.25, 0.3) is 0 Å². The highest BCUT2D eigenvalue weighted by molar-refractivity contribution is 9.10. The highest BCUT2D eigenvalue weighted by Gasteiger charge is 2.07. The Morgan fingerprint density at radius 3 is 2.71 bits per heavy atom. The smallest absolute Gasteiger partial charge is 0.133 e. The Kier molecular flexibility index (Phi) is 6.60. The maximum Gasteiger partial charge on any atom is 0.133 e. The van der Waals surface area contributed by atoms with Crippen molar-refractivity contribution in [2.45, 2.75) is 45.1 Å². The molecule has 0 aliphatic carbocycles. The van der Waals surface area contributed by atoms with E-state index < -0.39 is 0 Å². The highest BCUT2D eigenvalue weighted by Crippen LogP contribution is 2.26. The Balaban J connectivity index is 2.48. The standard InChI is InChI=1S/C14H21BrO2/c1-3-4-5-6-12(16)9-11-7-8-14(17-2)13(15)10-11/h7-8,10,12,16H,3-6,9H2,1-2H3. The summed E-state index contributed by atoms with van der Waals surface area (Å²) in [4.78, 5) is 0. The van der Waals surface area contributed by atoms with Gasteiger partial charge < -0.3 is 9.84 Å². The van der Waals surface area contributed by atoms with Crippen LogP contribution in [0.1, 0.15) is 38.2 Å². The number of hydrogen-bond acceptors (Lipinski definition) is 2. The van der Waals surface area contributed by atoms with E-state index in [1.165, 1.54) is 12.8 Å². The molecule has 96 valence electrons. The van der Waals surface area contributed by atoms with Crippen molar-refractivity contribution in [3.05, 3.63) is 28.2 Å². The van der Waals surface area contributed by atoms with Gasteiger partial charge >= 0.3 is 0 Å². The van der Waals surface area contributed by atoms with Gasteiger partial charge in [-0.3, -0.25) is 0 Å². The molecule has 0 saturated heterocycles. The fraction of sp³-hybridized carbons (Fsp3) is 0.571. The summed E-state index contributed by atoms with van der Waals surface area (Å²) in [5.74, 6) is 0.828. The van der Waals surface area contributed by atoms with E-state index in [0.29, 0.717) is 6.42 Å². The fourth-order valence-corrected chi connectivity index (χ4v) is 2.43. The number of unbranched alkanes of at least 4 members (excludes halogenated alkanes) is 2. The molecule has 1 aromatic rings. The Morgan fingerprint density at radius 2 is 2.12 bits per heavy atom. The van der Waals surface area contributed by atoms with Gasteiger partial charge in [0.05, 0.1) is 17.7 Å². The van der Waals surface area contributed by atoms with E-state index in [0.717, 1.165) is 28.6 Å². The second kappa shape index (κ2) is 7.72. The fourth-order valence-electron chi connectivity index (χ4n) is 1.84. The molecule has 0 aliphatic rings. The first-order valence-corrected chi connectivity index (χ1v) is 6.97. The number of ether oxygens (including phenoxy) is 1. The summed E-state index contributed by atoms with van der Waals surface area (Å²) < 4.78 is 6.12. The van der Waals surface area contributed by atoms with Crippen LogP contribution in [0.25, 0.3) is 0 Å². The molecule has 1 N–H and O–H groups in total. The minimum atomic E-state index is -0.234. The number of benzene rings is 1. The van der Waals surface area contributed by atoms with Crippen molar-refractivity contribution >= 4 is 15.9 Å². The van der Waals surface area contributed by atoms with Gasteiger partial charge in [0.15, 0.2) is 0 Å². The monoisotopic (exact) mass is 300 g/mol. The van der Waals surface area contributed by atoms with Crippen LogP contribution in [0.15, 0.2) is 22.7 Å². The van der Waals surface area contributed by atoms with E-state index in [1.54, 1.807) is 7.11 Å². The first kappa shape index (κ1) is 14.5. The van der Waals surface area contributed by atoms with Gasteiger partial charge in [-0.25, -0.2) is 0 Å². The predicted molar refractivity (Wildman–Crippen MR) is 74.5 cm³/mol. The minimum Gasteiger partial charge on any atom is -0.496 e. The molecule has 0 amide bonds. The Labute approximate surface area is 112 Å². The average Bonchev–Trinajstić information content (AvgIpc) is 2.29. The van der Waals surface area contributed by atoms with E-state index in [1.807, 2.05) is 18.2 Å². The quantitative estimate of drug-likeness (QED) is 0.773. The number of aliphatic hydroxyl groups excluding tert-OH is 1. The summed E-state index contributed by atoms with van der Waals surface area (Å²) in [5.41, 5.74) is 1.14. The average molecular weight is 301 g/mol. The molecule has 0 aliphatic heterocycles. The number of halogens is 1. The van der Waals surface area contributed by atoms with Crippen molar-refractivity contribution in [3.63, 3.8) is 0 Å². The molecule has 0 saturated carbocycles. The summed E-state index contributed by atoms with van der Waals surface area (Å²) >= 11 is 3.45. The first-order valence-electron chi connectivity index (χ1n) is 6.17. The molecule has 0 aromatic heterocycles. The van der Waals surface area contributed by atoms with E-state index in [4.69, 9.17) is 4.74 Å². The lowest BCUT2D eigenvalue weighted by Gasteiger charge is -2.11. The molecule has 0 fully saturated rings. The van der Waals surface area contributed by atoms with Gasteiger partial charge in [-0.1, -0.05) is 32.3 Å². The van der Waals surface area contributed by atoms with Crippen LogP contribution in [-0.2, 0) is 6.42 Å². The van der Waals surface area contributed by atoms with Crippen LogP contribution in [0.4, 0.5) is 0 Å². The molecule has 3 heteroatoms. The summed E-state index contributed by atoms with van der Waals surface area (Å²) in [5, 5.41) is 9.90. The van der Waals surface area contributed by atoms with Crippen LogP contribution in [0, 0.1) is 0 Å². The van der Waals surface area contributed by atoms with Crippen molar-refractivity contribution in [2.75, 3.05) is 7.11 Å². The first-order chi connectivity index (χ1) is 8.17. The summed E-state index contributed by atoms with van der Waals surface area (Å²) in [6.45, 7) is 2.17. The zero-order valence-electron chi connectivity index (χ0n) is 10.6. The molecule has 2 nitrogen and oxygen atoms in total. The van der Waals surface area contributed by atoms with Gasteiger partial charge in [0, 0.05) is 0 Å². The van der Waals surface area contributed by atoms with Gasteiger partial charge in [0.2, 0.25) is 0 Å². The minimum absolute atomic E-state index is 0.234. The Morgan fingerprint density at radius 1 is 1.35 bits per heavy atom. The van der Waals surface area contributed by atoms with Crippen molar-refractivity contribution in [1.29, 1.82) is 0 Å². The van der Waals surface area contributed by atoms with Crippen LogP contribution in [0.5, 0.6) is 5.75 Å². The van der Waals surface area contributed by atoms with Crippen molar-refractivity contribution in [3.8, 4) is 5.75 Å². The molecule has 1 rings (SSSR count). The number of hydrogen-bond donors (Lipinski definition) is 1. The van der Waals surface area contributed by atoms with E-state index in [-0.39, 0.29) is 6.10 Å². The van der Waals surface area contributed by atoms with E-state index >= 15 is 0 Å². The SMILES string of the molecule is CCCCCC(O)Cc1ccc(OC)c(Br)c1. The second-order valence-electron chi connectivity index (χ2n) is 4.32. The largest absolute Gasteiger partial charge is 0.496 e. The molecule has 0 heterocycles. The lowest BCUT2D eigenvalue weighted by atomic mass is 10.0. The van der Waals surface area contributed by atoms with Crippen LogP contribution >= 0.6 is 15.9 Å². The lowest BCUT2D eigenvalue weighted by molar-refractivity contribution is 0.161. The summed E-state index contributed by atoms with van der Waals surface area (Å²) in [6, 6.07) is 5.95. The van der Waals surface area contributed by atoms with Crippen molar-refractivity contribution in [2.24, 2.45) is 0 Å².